The molecule has 4 N–H and O–H groups in total. The molecule has 0 saturated carbocycles. The predicted molar refractivity (Wildman–Crippen MR) is 42.6 cm³/mol. The van der Waals surface area contributed by atoms with Gasteiger partial charge in [0.1, 0.15) is 12.0 Å². The number of ketones is 1. The Hall–Kier alpha value is -1.35. The van der Waals surface area contributed by atoms with Gasteiger partial charge in [-0.1, -0.05) is 12.7 Å². The SMILES string of the molecule is C=CC(=C[NH3+])C(O)=CC(C)=O. The van der Waals surface area contributed by atoms with Gasteiger partial charge in [0.2, 0.25) is 0 Å². The molecule has 0 aliphatic carbocycles. The molecular formula is C8H12NO2+. The molecule has 0 spiro atoms. The van der Waals surface area contributed by atoms with E-state index in [9.17, 15) is 4.79 Å². The van der Waals surface area contributed by atoms with Crippen LogP contribution in [-0.2, 0) is 4.79 Å². The molecule has 0 saturated heterocycles. The molecule has 0 amide bonds. The van der Waals surface area contributed by atoms with E-state index in [1.165, 1.54) is 19.2 Å². The van der Waals surface area contributed by atoms with E-state index in [1.54, 1.807) is 0 Å². The first-order valence-corrected chi connectivity index (χ1v) is 3.15. The number of carbonyl (C=O) groups excluding carboxylic acids is 1. The van der Waals surface area contributed by atoms with Crippen molar-refractivity contribution >= 4 is 5.78 Å². The average molecular weight is 154 g/mol. The average Bonchev–Trinajstić information content (AvgIpc) is 1.88. The van der Waals surface area contributed by atoms with Crippen LogP contribution >= 0.6 is 0 Å². The second kappa shape index (κ2) is 4.46. The summed E-state index contributed by atoms with van der Waals surface area (Å²) >= 11 is 0. The van der Waals surface area contributed by atoms with Crippen LogP contribution in [0.2, 0.25) is 0 Å². The summed E-state index contributed by atoms with van der Waals surface area (Å²) in [5, 5.41) is 9.14. The number of aliphatic hydroxyl groups is 1. The van der Waals surface area contributed by atoms with Gasteiger partial charge in [-0.3, -0.25) is 4.79 Å². The highest BCUT2D eigenvalue weighted by atomic mass is 16.3. The molecule has 3 heteroatoms. The minimum Gasteiger partial charge on any atom is -0.507 e. The Morgan fingerprint density at radius 2 is 2.18 bits per heavy atom. The highest BCUT2D eigenvalue weighted by molar-refractivity contribution is 5.88. The van der Waals surface area contributed by atoms with Gasteiger partial charge in [0, 0.05) is 6.08 Å². The van der Waals surface area contributed by atoms with E-state index in [0.717, 1.165) is 6.08 Å². The van der Waals surface area contributed by atoms with Gasteiger partial charge in [0.25, 0.3) is 0 Å². The second-order valence-corrected chi connectivity index (χ2v) is 2.00. The molecule has 0 bridgehead atoms. The van der Waals surface area contributed by atoms with Gasteiger partial charge in [-0.25, -0.2) is 0 Å². The summed E-state index contributed by atoms with van der Waals surface area (Å²) in [4.78, 5) is 10.5. The molecule has 0 heterocycles. The molecule has 3 nitrogen and oxygen atoms in total. The maximum atomic E-state index is 10.5. The molecule has 0 aliphatic heterocycles. The lowest BCUT2D eigenvalue weighted by Crippen LogP contribution is -2.40. The fourth-order valence-electron chi connectivity index (χ4n) is 0.568. The highest BCUT2D eigenvalue weighted by Crippen LogP contribution is 2.04. The standard InChI is InChI=1S/C8H11NO2/c1-3-7(5-9)8(11)4-6(2)10/h3-5,11H,1,9H2,2H3/p+1. The molecule has 0 fully saturated rings. The van der Waals surface area contributed by atoms with Crippen LogP contribution in [0.1, 0.15) is 6.92 Å². The molecule has 0 rings (SSSR count). The van der Waals surface area contributed by atoms with Crippen LogP contribution in [0.4, 0.5) is 0 Å². The van der Waals surface area contributed by atoms with Crippen molar-refractivity contribution < 1.29 is 15.6 Å². The third-order valence-electron chi connectivity index (χ3n) is 1.08. The highest BCUT2D eigenvalue weighted by Gasteiger charge is 1.99. The second-order valence-electron chi connectivity index (χ2n) is 2.00. The molecular weight excluding hydrogens is 142 g/mol. The Bertz CT molecular complexity index is 226. The van der Waals surface area contributed by atoms with Crippen molar-refractivity contribution in [3.05, 3.63) is 36.3 Å². The Morgan fingerprint density at radius 1 is 1.64 bits per heavy atom. The number of rotatable bonds is 3. The Balaban J connectivity index is 4.58. The van der Waals surface area contributed by atoms with Crippen LogP contribution in [0.25, 0.3) is 0 Å². The zero-order valence-electron chi connectivity index (χ0n) is 6.50. The fraction of sp³-hybridized carbons (Fsp3) is 0.125. The first kappa shape index (κ1) is 9.65. The zero-order chi connectivity index (χ0) is 8.85. The van der Waals surface area contributed by atoms with Crippen LogP contribution in [0.15, 0.2) is 36.3 Å². The van der Waals surface area contributed by atoms with Crippen molar-refractivity contribution in [2.75, 3.05) is 0 Å². The quantitative estimate of drug-likeness (QED) is 0.349. The lowest BCUT2D eigenvalue weighted by molar-refractivity contribution is -0.275. The van der Waals surface area contributed by atoms with Crippen LogP contribution in [0.3, 0.4) is 0 Å². The summed E-state index contributed by atoms with van der Waals surface area (Å²) in [6.45, 7) is 4.80. The first-order chi connectivity index (χ1) is 5.11. The molecule has 60 valence electrons. The first-order valence-electron chi connectivity index (χ1n) is 3.15. The molecule has 11 heavy (non-hydrogen) atoms. The van der Waals surface area contributed by atoms with Crippen LogP contribution in [-0.4, -0.2) is 10.9 Å². The van der Waals surface area contributed by atoms with Gasteiger partial charge in [-0.15, -0.1) is 0 Å². The minimum atomic E-state index is -0.205. The maximum absolute atomic E-state index is 10.5. The van der Waals surface area contributed by atoms with E-state index < -0.39 is 0 Å². The van der Waals surface area contributed by atoms with Crippen molar-refractivity contribution in [2.24, 2.45) is 0 Å². The van der Waals surface area contributed by atoms with E-state index in [-0.39, 0.29) is 11.5 Å². The van der Waals surface area contributed by atoms with E-state index in [1.807, 2.05) is 0 Å². The number of hydrogen-bond donors (Lipinski definition) is 2. The van der Waals surface area contributed by atoms with Gasteiger partial charge in [0.15, 0.2) is 5.78 Å². The Morgan fingerprint density at radius 3 is 2.45 bits per heavy atom. The fourth-order valence-corrected chi connectivity index (χ4v) is 0.568. The number of allylic oxidation sites excluding steroid dienone is 2. The molecule has 0 aromatic carbocycles. The van der Waals surface area contributed by atoms with Crippen molar-refractivity contribution in [1.29, 1.82) is 0 Å². The topological polar surface area (TPSA) is 64.9 Å². The lowest BCUT2D eigenvalue weighted by atomic mass is 10.2. The van der Waals surface area contributed by atoms with Gasteiger partial charge < -0.3 is 10.8 Å². The molecule has 0 atom stereocenters. The summed E-state index contributed by atoms with van der Waals surface area (Å²) in [5.74, 6) is -0.300. The van der Waals surface area contributed by atoms with Gasteiger partial charge in [-0.05, 0) is 6.92 Å². The van der Waals surface area contributed by atoms with Crippen molar-refractivity contribution in [3.8, 4) is 0 Å². The van der Waals surface area contributed by atoms with E-state index in [2.05, 4.69) is 12.3 Å². The molecule has 0 aliphatic rings. The molecule has 0 aromatic heterocycles. The van der Waals surface area contributed by atoms with Crippen molar-refractivity contribution in [1.82, 2.24) is 0 Å². The van der Waals surface area contributed by atoms with E-state index in [0.29, 0.717) is 5.57 Å². The Kier molecular flexibility index (Phi) is 3.92. The third-order valence-corrected chi connectivity index (χ3v) is 1.08. The lowest BCUT2D eigenvalue weighted by Gasteiger charge is -1.94. The normalized spacial score (nSPS) is 12.9. The molecule has 0 radical (unpaired) electrons. The summed E-state index contributed by atoms with van der Waals surface area (Å²) in [7, 11) is 0. The number of hydrogen-bond acceptors (Lipinski definition) is 2. The van der Waals surface area contributed by atoms with Crippen LogP contribution in [0, 0.1) is 0 Å². The van der Waals surface area contributed by atoms with Crippen molar-refractivity contribution in [3.63, 3.8) is 0 Å². The van der Waals surface area contributed by atoms with Crippen molar-refractivity contribution in [2.45, 2.75) is 6.92 Å². The predicted octanol–water partition coefficient (Wildman–Crippen LogP) is 0.329. The van der Waals surface area contributed by atoms with E-state index >= 15 is 0 Å². The summed E-state index contributed by atoms with van der Waals surface area (Å²) in [6.07, 6.45) is 3.99. The van der Waals surface area contributed by atoms with Gasteiger partial charge in [0.05, 0.1) is 5.57 Å². The number of aliphatic hydroxyl groups excluding tert-OH is 1. The van der Waals surface area contributed by atoms with E-state index in [4.69, 9.17) is 5.11 Å². The smallest absolute Gasteiger partial charge is 0.156 e. The largest absolute Gasteiger partial charge is 0.507 e. The minimum absolute atomic E-state index is 0.0949. The van der Waals surface area contributed by atoms with Crippen LogP contribution < -0.4 is 5.73 Å². The third kappa shape index (κ3) is 3.37. The summed E-state index contributed by atoms with van der Waals surface area (Å²) in [6, 6.07) is 0. The summed E-state index contributed by atoms with van der Waals surface area (Å²) in [5.41, 5.74) is 3.90. The van der Waals surface area contributed by atoms with Crippen LogP contribution in [0.5, 0.6) is 0 Å². The van der Waals surface area contributed by atoms with Gasteiger partial charge in [-0.2, -0.15) is 0 Å². The molecule has 0 aromatic rings. The molecule has 0 unspecified atom stereocenters. The Labute approximate surface area is 65.5 Å². The monoisotopic (exact) mass is 154 g/mol. The number of carbonyl (C=O) groups is 1. The number of quaternary nitrogens is 1. The zero-order valence-corrected chi connectivity index (χ0v) is 6.50. The summed E-state index contributed by atoms with van der Waals surface area (Å²) < 4.78 is 0. The maximum Gasteiger partial charge on any atom is 0.156 e. The van der Waals surface area contributed by atoms with Gasteiger partial charge >= 0.3 is 0 Å².